The van der Waals surface area contributed by atoms with Crippen LogP contribution in [-0.2, 0) is 25.5 Å². The second kappa shape index (κ2) is 12.1. The molecule has 0 bridgehead atoms. The maximum absolute atomic E-state index is 4.96. The van der Waals surface area contributed by atoms with E-state index in [4.69, 9.17) is 9.97 Å². The molecule has 0 fully saturated rings. The van der Waals surface area contributed by atoms with E-state index in [9.17, 15) is 0 Å². The molecule has 0 saturated carbocycles. The average molecular weight is 673 g/mol. The average Bonchev–Trinajstić information content (AvgIpc) is 3.34. The SMILES string of the molecule is CC(C)(C)c1ccc2nc(-c3[c-]cccc3)n(-c3ccccc3)c2n1.[Ir].[c-]1ccccc1-c1ccccn1. The van der Waals surface area contributed by atoms with Crippen LogP contribution in [0.4, 0.5) is 0 Å². The Bertz CT molecular complexity index is 1540. The van der Waals surface area contributed by atoms with E-state index in [0.29, 0.717) is 0 Å². The molecule has 3 aromatic carbocycles. The maximum Gasteiger partial charge on any atom is 0.155 e. The van der Waals surface area contributed by atoms with Crippen LogP contribution in [0.2, 0.25) is 0 Å². The third-order valence-corrected chi connectivity index (χ3v) is 5.89. The predicted octanol–water partition coefficient (Wildman–Crippen LogP) is 7.73. The predicted molar refractivity (Wildman–Crippen MR) is 150 cm³/mol. The number of pyridine rings is 2. The second-order valence-electron chi connectivity index (χ2n) is 9.66. The molecule has 3 aromatic heterocycles. The molecule has 38 heavy (non-hydrogen) atoms. The van der Waals surface area contributed by atoms with Crippen molar-refractivity contribution in [2.75, 3.05) is 0 Å². The molecule has 6 aromatic rings. The summed E-state index contributed by atoms with van der Waals surface area (Å²) >= 11 is 0. The zero-order valence-electron chi connectivity index (χ0n) is 21.6. The van der Waals surface area contributed by atoms with Gasteiger partial charge in [-0.25, -0.2) is 4.98 Å². The topological polar surface area (TPSA) is 43.6 Å². The molecule has 0 aliphatic heterocycles. The van der Waals surface area contributed by atoms with Crippen LogP contribution in [-0.4, -0.2) is 19.5 Å². The molecule has 6 rings (SSSR count). The Morgan fingerprint density at radius 2 is 1.32 bits per heavy atom. The molecular formula is C33H28IrN4-2. The normalized spacial score (nSPS) is 10.8. The summed E-state index contributed by atoms with van der Waals surface area (Å²) in [5.74, 6) is 0.861. The zero-order chi connectivity index (χ0) is 25.7. The van der Waals surface area contributed by atoms with Gasteiger partial charge in [0, 0.05) is 43.1 Å². The van der Waals surface area contributed by atoms with Crippen LogP contribution in [0.15, 0.2) is 115 Å². The Balaban J connectivity index is 0.000000218. The van der Waals surface area contributed by atoms with Crippen molar-refractivity contribution in [3.63, 3.8) is 0 Å². The van der Waals surface area contributed by atoms with Gasteiger partial charge < -0.3 is 9.55 Å². The van der Waals surface area contributed by atoms with Crippen molar-refractivity contribution in [1.82, 2.24) is 19.5 Å². The number of aromatic nitrogens is 4. The summed E-state index contributed by atoms with van der Waals surface area (Å²) in [4.78, 5) is 14.0. The van der Waals surface area contributed by atoms with Gasteiger partial charge in [-0.3, -0.25) is 4.98 Å². The Labute approximate surface area is 237 Å². The van der Waals surface area contributed by atoms with Crippen molar-refractivity contribution < 1.29 is 20.1 Å². The fourth-order valence-corrected chi connectivity index (χ4v) is 3.98. The summed E-state index contributed by atoms with van der Waals surface area (Å²) in [6, 6.07) is 42.4. The third kappa shape index (κ3) is 6.13. The van der Waals surface area contributed by atoms with Crippen molar-refractivity contribution in [2.24, 2.45) is 0 Å². The number of imidazole rings is 1. The van der Waals surface area contributed by atoms with Crippen LogP contribution in [0.25, 0.3) is 39.5 Å². The van der Waals surface area contributed by atoms with Crippen molar-refractivity contribution in [2.45, 2.75) is 26.2 Å². The van der Waals surface area contributed by atoms with Gasteiger partial charge in [0.2, 0.25) is 0 Å². The van der Waals surface area contributed by atoms with Gasteiger partial charge in [0.05, 0.1) is 11.3 Å². The zero-order valence-corrected chi connectivity index (χ0v) is 24.0. The quantitative estimate of drug-likeness (QED) is 0.181. The summed E-state index contributed by atoms with van der Waals surface area (Å²) in [6.07, 6.45) is 1.79. The Morgan fingerprint density at radius 1 is 0.658 bits per heavy atom. The molecule has 1 radical (unpaired) electrons. The van der Waals surface area contributed by atoms with Gasteiger partial charge in [-0.15, -0.1) is 71.8 Å². The molecule has 0 atom stereocenters. The van der Waals surface area contributed by atoms with E-state index in [1.807, 2.05) is 84.9 Å². The minimum Gasteiger partial charge on any atom is -0.318 e. The van der Waals surface area contributed by atoms with E-state index in [-0.39, 0.29) is 25.5 Å². The largest absolute Gasteiger partial charge is 0.318 e. The number of benzene rings is 3. The van der Waals surface area contributed by atoms with E-state index < -0.39 is 0 Å². The first-order valence-electron chi connectivity index (χ1n) is 12.3. The van der Waals surface area contributed by atoms with E-state index in [1.165, 1.54) is 0 Å². The van der Waals surface area contributed by atoms with E-state index >= 15 is 0 Å². The molecular weight excluding hydrogens is 645 g/mol. The Morgan fingerprint density at radius 3 is 1.92 bits per heavy atom. The number of fused-ring (bicyclic) bond motifs is 1. The molecule has 0 N–H and O–H groups in total. The number of para-hydroxylation sites is 1. The Kier molecular flexibility index (Phi) is 8.62. The van der Waals surface area contributed by atoms with Gasteiger partial charge in [-0.1, -0.05) is 51.1 Å². The first-order chi connectivity index (χ1) is 18.0. The van der Waals surface area contributed by atoms with Gasteiger partial charge >= 0.3 is 0 Å². The summed E-state index contributed by atoms with van der Waals surface area (Å²) in [5, 5.41) is 0. The van der Waals surface area contributed by atoms with Crippen molar-refractivity contribution in [3.05, 3.63) is 133 Å². The molecule has 0 aliphatic carbocycles. The minimum atomic E-state index is -0.0149. The third-order valence-electron chi connectivity index (χ3n) is 5.89. The van der Waals surface area contributed by atoms with Gasteiger partial charge in [0.1, 0.15) is 0 Å². The maximum atomic E-state index is 4.96. The monoisotopic (exact) mass is 673 g/mol. The van der Waals surface area contributed by atoms with Crippen LogP contribution in [0, 0.1) is 12.1 Å². The Hall–Kier alpha value is -3.92. The molecule has 0 unspecified atom stereocenters. The van der Waals surface area contributed by atoms with Gasteiger partial charge in [-0.2, -0.15) is 0 Å². The molecule has 0 saturated heterocycles. The summed E-state index contributed by atoms with van der Waals surface area (Å²) < 4.78 is 2.12. The molecule has 0 amide bonds. The first kappa shape index (κ1) is 27.1. The molecule has 4 nitrogen and oxygen atoms in total. The molecule has 191 valence electrons. The van der Waals surface area contributed by atoms with Crippen molar-refractivity contribution in [1.29, 1.82) is 0 Å². The van der Waals surface area contributed by atoms with Crippen LogP contribution in [0.1, 0.15) is 26.5 Å². The standard InChI is InChI=1S/C22H20N3.C11H8N.Ir/c1-22(2,3)19-15-14-18-21(24-19)25(17-12-8-5-9-13-17)20(23-18)16-10-6-4-7-11-16;1-2-6-10(7-3-1)11-8-4-5-9-12-11;/h4-10,12-15H,1-3H3;1-6,8-9H;/q2*-1;. The van der Waals surface area contributed by atoms with Crippen LogP contribution >= 0.6 is 0 Å². The first-order valence-corrected chi connectivity index (χ1v) is 12.3. The fraction of sp³-hybridized carbons (Fsp3) is 0.121. The van der Waals surface area contributed by atoms with E-state index in [0.717, 1.165) is 45.2 Å². The summed E-state index contributed by atoms with van der Waals surface area (Å²) in [6.45, 7) is 6.53. The van der Waals surface area contributed by atoms with Gasteiger partial charge in [0.15, 0.2) is 5.65 Å². The minimum absolute atomic E-state index is 0. The fourth-order valence-electron chi connectivity index (χ4n) is 3.98. The van der Waals surface area contributed by atoms with Crippen molar-refractivity contribution in [3.8, 4) is 28.3 Å². The van der Waals surface area contributed by atoms with Gasteiger partial charge in [-0.05, 0) is 36.0 Å². The molecule has 0 aliphatic rings. The van der Waals surface area contributed by atoms with Crippen LogP contribution < -0.4 is 0 Å². The van der Waals surface area contributed by atoms with Crippen molar-refractivity contribution >= 4 is 11.2 Å². The van der Waals surface area contributed by atoms with Crippen LogP contribution in [0.3, 0.4) is 0 Å². The van der Waals surface area contributed by atoms with Gasteiger partial charge in [0.25, 0.3) is 0 Å². The number of rotatable bonds is 3. The smallest absolute Gasteiger partial charge is 0.155 e. The van der Waals surface area contributed by atoms with E-state index in [1.54, 1.807) is 6.20 Å². The van der Waals surface area contributed by atoms with E-state index in [2.05, 4.69) is 66.7 Å². The molecule has 3 heterocycles. The number of hydrogen-bond donors (Lipinski definition) is 0. The second-order valence-corrected chi connectivity index (χ2v) is 9.66. The number of hydrogen-bond acceptors (Lipinski definition) is 3. The summed E-state index contributed by atoms with van der Waals surface area (Å²) in [5.41, 5.74) is 6.84. The number of nitrogens with zero attached hydrogens (tertiary/aromatic N) is 4. The van der Waals surface area contributed by atoms with Crippen LogP contribution in [0.5, 0.6) is 0 Å². The summed E-state index contributed by atoms with van der Waals surface area (Å²) in [7, 11) is 0. The molecule has 0 spiro atoms. The molecule has 5 heteroatoms.